The van der Waals surface area contributed by atoms with E-state index >= 15 is 0 Å². The normalized spacial score (nSPS) is 14.6. The SMILES string of the molecule is CCNC(=NCCCc1nnc2ccccn12)N1CCN(c2cccc(Cl)c2)CC1.I. The highest BCUT2D eigenvalue weighted by Gasteiger charge is 2.20. The number of piperazine rings is 1. The summed E-state index contributed by atoms with van der Waals surface area (Å²) in [7, 11) is 0. The second kappa shape index (κ2) is 11.5. The second-order valence-corrected chi connectivity index (χ2v) is 7.77. The van der Waals surface area contributed by atoms with Gasteiger partial charge < -0.3 is 15.1 Å². The van der Waals surface area contributed by atoms with Gasteiger partial charge in [0.15, 0.2) is 11.6 Å². The van der Waals surface area contributed by atoms with E-state index in [2.05, 4.69) is 38.3 Å². The number of pyridine rings is 1. The molecule has 3 aromatic rings. The topological polar surface area (TPSA) is 61.1 Å². The molecule has 0 spiro atoms. The Bertz CT molecular complexity index is 998. The summed E-state index contributed by atoms with van der Waals surface area (Å²) in [5, 5.41) is 12.7. The summed E-state index contributed by atoms with van der Waals surface area (Å²) >= 11 is 6.15. The lowest BCUT2D eigenvalue weighted by Gasteiger charge is -2.37. The molecule has 0 saturated carbocycles. The fourth-order valence-corrected chi connectivity index (χ4v) is 3.94. The summed E-state index contributed by atoms with van der Waals surface area (Å²) < 4.78 is 2.05. The van der Waals surface area contributed by atoms with Crippen LogP contribution in [0, 0.1) is 0 Å². The van der Waals surface area contributed by atoms with Crippen molar-refractivity contribution >= 4 is 52.9 Å². The van der Waals surface area contributed by atoms with Crippen LogP contribution in [-0.2, 0) is 6.42 Å². The molecule has 1 saturated heterocycles. The minimum absolute atomic E-state index is 0. The molecule has 166 valence electrons. The average Bonchev–Trinajstić information content (AvgIpc) is 3.19. The van der Waals surface area contributed by atoms with E-state index in [1.807, 2.05) is 47.0 Å². The van der Waals surface area contributed by atoms with Crippen molar-refractivity contribution in [3.8, 4) is 0 Å². The Morgan fingerprint density at radius 2 is 1.94 bits per heavy atom. The van der Waals surface area contributed by atoms with Crippen LogP contribution in [0.1, 0.15) is 19.2 Å². The third-order valence-electron chi connectivity index (χ3n) is 5.29. The summed E-state index contributed by atoms with van der Waals surface area (Å²) in [5.74, 6) is 1.98. The van der Waals surface area contributed by atoms with Gasteiger partial charge in [-0.05, 0) is 43.7 Å². The van der Waals surface area contributed by atoms with Crippen molar-refractivity contribution < 1.29 is 0 Å². The van der Waals surface area contributed by atoms with E-state index in [4.69, 9.17) is 16.6 Å². The number of hydrogen-bond donors (Lipinski definition) is 1. The van der Waals surface area contributed by atoms with Crippen LogP contribution < -0.4 is 10.2 Å². The van der Waals surface area contributed by atoms with Crippen molar-refractivity contribution in [1.29, 1.82) is 0 Å². The maximum Gasteiger partial charge on any atom is 0.194 e. The Balaban J connectivity index is 0.00000272. The summed E-state index contributed by atoms with van der Waals surface area (Å²) in [6.07, 6.45) is 3.81. The number of aryl methyl sites for hydroxylation is 1. The fraction of sp³-hybridized carbons (Fsp3) is 0.409. The maximum absolute atomic E-state index is 6.15. The lowest BCUT2D eigenvalue weighted by molar-refractivity contribution is 0.372. The van der Waals surface area contributed by atoms with Crippen LogP contribution in [0.3, 0.4) is 0 Å². The molecule has 4 rings (SSSR count). The molecule has 7 nitrogen and oxygen atoms in total. The van der Waals surface area contributed by atoms with Crippen LogP contribution in [0.25, 0.3) is 5.65 Å². The Hall–Kier alpha value is -2.07. The van der Waals surface area contributed by atoms with Gasteiger partial charge in [-0.25, -0.2) is 0 Å². The molecule has 1 N–H and O–H groups in total. The third-order valence-corrected chi connectivity index (χ3v) is 5.53. The molecule has 0 atom stereocenters. The van der Waals surface area contributed by atoms with E-state index in [0.717, 1.165) is 74.6 Å². The Labute approximate surface area is 205 Å². The Morgan fingerprint density at radius 1 is 1.10 bits per heavy atom. The molecule has 0 aliphatic carbocycles. The van der Waals surface area contributed by atoms with Crippen molar-refractivity contribution in [2.75, 3.05) is 44.2 Å². The highest BCUT2D eigenvalue weighted by Crippen LogP contribution is 2.20. The first-order valence-corrected chi connectivity index (χ1v) is 10.9. The smallest absolute Gasteiger partial charge is 0.194 e. The van der Waals surface area contributed by atoms with Crippen LogP contribution >= 0.6 is 35.6 Å². The largest absolute Gasteiger partial charge is 0.368 e. The van der Waals surface area contributed by atoms with Crippen LogP contribution in [0.5, 0.6) is 0 Å². The number of aliphatic imine (C=N–C) groups is 1. The minimum atomic E-state index is 0. The molecule has 0 unspecified atom stereocenters. The van der Waals surface area contributed by atoms with Crippen LogP contribution in [0.2, 0.25) is 5.02 Å². The van der Waals surface area contributed by atoms with Crippen LogP contribution in [-0.4, -0.2) is 64.7 Å². The van der Waals surface area contributed by atoms with Gasteiger partial charge in [0.1, 0.15) is 5.82 Å². The number of halogens is 2. The van der Waals surface area contributed by atoms with Crippen molar-refractivity contribution in [2.45, 2.75) is 19.8 Å². The molecule has 3 heterocycles. The van der Waals surface area contributed by atoms with Gasteiger partial charge in [-0.1, -0.05) is 23.7 Å². The second-order valence-electron chi connectivity index (χ2n) is 7.34. The van der Waals surface area contributed by atoms with E-state index in [1.165, 1.54) is 5.69 Å². The first-order chi connectivity index (χ1) is 14.7. The number of rotatable bonds is 6. The summed E-state index contributed by atoms with van der Waals surface area (Å²) in [5.41, 5.74) is 2.08. The average molecular weight is 554 g/mol. The molecule has 0 radical (unpaired) electrons. The van der Waals surface area contributed by atoms with Crippen molar-refractivity contribution in [2.24, 2.45) is 4.99 Å². The number of aromatic nitrogens is 3. The zero-order valence-electron chi connectivity index (χ0n) is 17.7. The fourth-order valence-electron chi connectivity index (χ4n) is 3.76. The zero-order chi connectivity index (χ0) is 20.8. The van der Waals surface area contributed by atoms with E-state index in [1.54, 1.807) is 0 Å². The Kier molecular flexibility index (Phi) is 8.77. The van der Waals surface area contributed by atoms with Crippen molar-refractivity contribution in [1.82, 2.24) is 24.8 Å². The molecule has 2 aromatic heterocycles. The van der Waals surface area contributed by atoms with Gasteiger partial charge in [0, 0.05) is 62.6 Å². The monoisotopic (exact) mass is 553 g/mol. The molecule has 0 amide bonds. The van der Waals surface area contributed by atoms with Gasteiger partial charge in [0.05, 0.1) is 0 Å². The van der Waals surface area contributed by atoms with Gasteiger partial charge in [-0.3, -0.25) is 9.39 Å². The maximum atomic E-state index is 6.15. The molecule has 1 fully saturated rings. The van der Waals surface area contributed by atoms with Gasteiger partial charge in [0.2, 0.25) is 0 Å². The predicted molar refractivity (Wildman–Crippen MR) is 138 cm³/mol. The summed E-state index contributed by atoms with van der Waals surface area (Å²) in [6, 6.07) is 14.0. The van der Waals surface area contributed by atoms with Gasteiger partial charge in [0.25, 0.3) is 0 Å². The van der Waals surface area contributed by atoms with Crippen molar-refractivity contribution in [3.05, 3.63) is 59.5 Å². The van der Waals surface area contributed by atoms with Gasteiger partial charge in [-0.2, -0.15) is 0 Å². The highest BCUT2D eigenvalue weighted by atomic mass is 127. The lowest BCUT2D eigenvalue weighted by atomic mass is 10.2. The third kappa shape index (κ3) is 6.00. The van der Waals surface area contributed by atoms with E-state index < -0.39 is 0 Å². The summed E-state index contributed by atoms with van der Waals surface area (Å²) in [6.45, 7) is 7.52. The number of nitrogens with zero attached hydrogens (tertiary/aromatic N) is 6. The molecule has 1 aliphatic heterocycles. The van der Waals surface area contributed by atoms with E-state index in [9.17, 15) is 0 Å². The Morgan fingerprint density at radius 3 is 2.71 bits per heavy atom. The molecule has 31 heavy (non-hydrogen) atoms. The van der Waals surface area contributed by atoms with Crippen molar-refractivity contribution in [3.63, 3.8) is 0 Å². The quantitative estimate of drug-likeness (QED) is 0.218. The van der Waals surface area contributed by atoms with Gasteiger partial charge >= 0.3 is 0 Å². The minimum Gasteiger partial charge on any atom is -0.368 e. The number of benzene rings is 1. The predicted octanol–water partition coefficient (Wildman–Crippen LogP) is 3.72. The molecule has 0 bridgehead atoms. The van der Waals surface area contributed by atoms with Gasteiger partial charge in [-0.15, -0.1) is 34.2 Å². The number of anilines is 1. The molecular formula is C22H29ClIN7. The van der Waals surface area contributed by atoms with E-state index in [-0.39, 0.29) is 24.0 Å². The molecule has 1 aliphatic rings. The summed E-state index contributed by atoms with van der Waals surface area (Å²) in [4.78, 5) is 9.58. The van der Waals surface area contributed by atoms with Crippen LogP contribution in [0.4, 0.5) is 5.69 Å². The number of hydrogen-bond acceptors (Lipinski definition) is 4. The molecule has 1 aromatic carbocycles. The number of fused-ring (bicyclic) bond motifs is 1. The molecule has 9 heteroatoms. The standard InChI is InChI=1S/C22H28ClN7.HI/c1-2-24-22(25-11-6-10-21-27-26-20-9-3-4-12-30(20)21)29-15-13-28(14-16-29)19-8-5-7-18(23)17-19;/h3-5,7-9,12,17H,2,6,10-11,13-16H2,1H3,(H,24,25);1H. The lowest BCUT2D eigenvalue weighted by Crippen LogP contribution is -2.52. The highest BCUT2D eigenvalue weighted by molar-refractivity contribution is 14.0. The number of nitrogens with one attached hydrogen (secondary N) is 1. The zero-order valence-corrected chi connectivity index (χ0v) is 20.8. The number of guanidine groups is 1. The molecular weight excluding hydrogens is 525 g/mol. The van der Waals surface area contributed by atoms with Crippen LogP contribution in [0.15, 0.2) is 53.7 Å². The first kappa shape index (κ1) is 23.6. The first-order valence-electron chi connectivity index (χ1n) is 10.6. The van der Waals surface area contributed by atoms with E-state index in [0.29, 0.717) is 0 Å².